The summed E-state index contributed by atoms with van der Waals surface area (Å²) in [6.45, 7) is 2.18. The van der Waals surface area contributed by atoms with Crippen molar-refractivity contribution in [2.45, 2.75) is 13.3 Å². The average Bonchev–Trinajstić information content (AvgIpc) is 2.39. The highest BCUT2D eigenvalue weighted by Gasteiger charge is 2.02. The molecule has 1 aromatic heterocycles. The second-order valence-electron chi connectivity index (χ2n) is 3.97. The summed E-state index contributed by atoms with van der Waals surface area (Å²) in [5, 5.41) is 1.45. The Bertz CT molecular complexity index is 623. The summed E-state index contributed by atoms with van der Waals surface area (Å²) in [6, 6.07) is 9.70. The van der Waals surface area contributed by atoms with Crippen LogP contribution >= 0.6 is 11.6 Å². The van der Waals surface area contributed by atoms with E-state index in [2.05, 4.69) is 4.98 Å². The summed E-state index contributed by atoms with van der Waals surface area (Å²) in [7, 11) is 0. The summed E-state index contributed by atoms with van der Waals surface area (Å²) in [5.74, 6) is -0.247. The van der Waals surface area contributed by atoms with Crippen molar-refractivity contribution in [2.75, 3.05) is 6.61 Å². The second kappa shape index (κ2) is 6.34. The number of pyridine rings is 1. The lowest BCUT2D eigenvalue weighted by Gasteiger charge is -2.02. The van der Waals surface area contributed by atoms with Gasteiger partial charge in [0, 0.05) is 10.9 Å². The molecule has 0 unspecified atom stereocenters. The maximum absolute atomic E-state index is 11.2. The van der Waals surface area contributed by atoms with Crippen LogP contribution in [0.4, 0.5) is 0 Å². The van der Waals surface area contributed by atoms with Gasteiger partial charge >= 0.3 is 5.97 Å². The fourth-order valence-electron chi connectivity index (χ4n) is 1.73. The first-order chi connectivity index (χ1) is 9.20. The molecule has 0 aliphatic carbocycles. The topological polar surface area (TPSA) is 39.2 Å². The van der Waals surface area contributed by atoms with Crippen LogP contribution in [0.5, 0.6) is 0 Å². The van der Waals surface area contributed by atoms with Crippen LogP contribution in [0, 0.1) is 0 Å². The Labute approximate surface area is 116 Å². The number of para-hydroxylation sites is 1. The summed E-state index contributed by atoms with van der Waals surface area (Å²) >= 11 is 6.10. The molecule has 0 saturated heterocycles. The van der Waals surface area contributed by atoms with Crippen LogP contribution in [0.3, 0.4) is 0 Å². The Kier molecular flexibility index (Phi) is 4.53. The Morgan fingerprint density at radius 3 is 3.00 bits per heavy atom. The molecule has 1 heterocycles. The Morgan fingerprint density at radius 2 is 2.21 bits per heavy atom. The first kappa shape index (κ1) is 13.6. The van der Waals surface area contributed by atoms with Crippen molar-refractivity contribution in [3.8, 4) is 0 Å². The standard InChI is InChI=1S/C15H14ClNO2/c1-2-19-14(18)9-5-7-12-10-11-6-3-4-8-13(11)17-15(12)16/h3-8,10H,2,9H2,1H3. The van der Waals surface area contributed by atoms with Crippen molar-refractivity contribution in [3.63, 3.8) is 0 Å². The minimum atomic E-state index is -0.247. The van der Waals surface area contributed by atoms with Gasteiger partial charge in [-0.05, 0) is 19.1 Å². The maximum atomic E-state index is 11.2. The van der Waals surface area contributed by atoms with Gasteiger partial charge in [0.2, 0.25) is 0 Å². The van der Waals surface area contributed by atoms with Crippen LogP contribution in [-0.2, 0) is 9.53 Å². The van der Waals surface area contributed by atoms with E-state index in [4.69, 9.17) is 16.3 Å². The van der Waals surface area contributed by atoms with Gasteiger partial charge in [0.25, 0.3) is 0 Å². The molecule has 0 spiro atoms. The van der Waals surface area contributed by atoms with Crippen molar-refractivity contribution in [1.29, 1.82) is 0 Å². The van der Waals surface area contributed by atoms with Gasteiger partial charge in [0.05, 0.1) is 18.5 Å². The minimum absolute atomic E-state index is 0.233. The molecule has 0 atom stereocenters. The van der Waals surface area contributed by atoms with E-state index in [1.807, 2.05) is 30.3 Å². The van der Waals surface area contributed by atoms with Gasteiger partial charge < -0.3 is 4.74 Å². The average molecular weight is 276 g/mol. The van der Waals surface area contributed by atoms with Crippen molar-refractivity contribution in [2.24, 2.45) is 0 Å². The zero-order valence-corrected chi connectivity index (χ0v) is 11.4. The van der Waals surface area contributed by atoms with Gasteiger partial charge in [-0.1, -0.05) is 42.0 Å². The van der Waals surface area contributed by atoms with E-state index in [0.29, 0.717) is 11.8 Å². The molecule has 0 aliphatic rings. The molecule has 0 aliphatic heterocycles. The second-order valence-corrected chi connectivity index (χ2v) is 4.33. The van der Waals surface area contributed by atoms with Gasteiger partial charge in [-0.3, -0.25) is 4.79 Å². The zero-order chi connectivity index (χ0) is 13.7. The number of esters is 1. The molecular formula is C15H14ClNO2. The number of hydrogen-bond acceptors (Lipinski definition) is 3. The van der Waals surface area contributed by atoms with Crippen LogP contribution < -0.4 is 0 Å². The molecule has 0 radical (unpaired) electrons. The molecule has 0 bridgehead atoms. The van der Waals surface area contributed by atoms with Crippen LogP contribution in [-0.4, -0.2) is 17.6 Å². The fourth-order valence-corrected chi connectivity index (χ4v) is 1.94. The fraction of sp³-hybridized carbons (Fsp3) is 0.200. The van der Waals surface area contributed by atoms with E-state index in [1.165, 1.54) is 0 Å². The zero-order valence-electron chi connectivity index (χ0n) is 10.6. The predicted octanol–water partition coefficient (Wildman–Crippen LogP) is 3.85. The molecular weight excluding hydrogens is 262 g/mol. The van der Waals surface area contributed by atoms with Gasteiger partial charge in [-0.15, -0.1) is 0 Å². The Morgan fingerprint density at radius 1 is 1.42 bits per heavy atom. The normalized spacial score (nSPS) is 11.1. The van der Waals surface area contributed by atoms with Gasteiger partial charge in [0.15, 0.2) is 0 Å². The van der Waals surface area contributed by atoms with Crippen molar-refractivity contribution in [3.05, 3.63) is 47.1 Å². The largest absolute Gasteiger partial charge is 0.466 e. The molecule has 3 nitrogen and oxygen atoms in total. The number of rotatable bonds is 4. The van der Waals surface area contributed by atoms with Crippen molar-refractivity contribution < 1.29 is 9.53 Å². The van der Waals surface area contributed by atoms with E-state index < -0.39 is 0 Å². The highest BCUT2D eigenvalue weighted by atomic mass is 35.5. The van der Waals surface area contributed by atoms with Crippen molar-refractivity contribution in [1.82, 2.24) is 4.98 Å². The van der Waals surface area contributed by atoms with E-state index in [1.54, 1.807) is 19.1 Å². The minimum Gasteiger partial charge on any atom is -0.466 e. The quantitative estimate of drug-likeness (QED) is 0.628. The smallest absolute Gasteiger partial charge is 0.309 e. The molecule has 2 rings (SSSR count). The number of carbonyl (C=O) groups is 1. The lowest BCUT2D eigenvalue weighted by Crippen LogP contribution is -2.01. The monoisotopic (exact) mass is 275 g/mol. The number of hydrogen-bond donors (Lipinski definition) is 0. The van der Waals surface area contributed by atoms with Crippen LogP contribution in [0.1, 0.15) is 18.9 Å². The number of aromatic nitrogens is 1. The highest BCUT2D eigenvalue weighted by Crippen LogP contribution is 2.21. The third-order valence-electron chi connectivity index (χ3n) is 2.59. The Balaban J connectivity index is 2.18. The summed E-state index contributed by atoms with van der Waals surface area (Å²) in [5.41, 5.74) is 1.65. The number of halogens is 1. The lowest BCUT2D eigenvalue weighted by molar-refractivity contribution is -0.142. The molecule has 2 aromatic rings. The number of nitrogens with zero attached hydrogens (tertiary/aromatic N) is 1. The van der Waals surface area contributed by atoms with Gasteiger partial charge in [0.1, 0.15) is 5.15 Å². The SMILES string of the molecule is CCOC(=O)CC=Cc1cc2ccccc2nc1Cl. The van der Waals surface area contributed by atoms with Gasteiger partial charge in [-0.25, -0.2) is 4.98 Å². The molecule has 0 N–H and O–H groups in total. The molecule has 0 saturated carbocycles. The predicted molar refractivity (Wildman–Crippen MR) is 77.0 cm³/mol. The number of ether oxygens (including phenoxy) is 1. The van der Waals surface area contributed by atoms with Gasteiger partial charge in [-0.2, -0.15) is 0 Å². The van der Waals surface area contributed by atoms with Crippen LogP contribution in [0.15, 0.2) is 36.4 Å². The number of benzene rings is 1. The summed E-state index contributed by atoms with van der Waals surface area (Å²) in [6.07, 6.45) is 3.76. The van der Waals surface area contributed by atoms with Crippen LogP contribution in [0.2, 0.25) is 5.15 Å². The summed E-state index contributed by atoms with van der Waals surface area (Å²) in [4.78, 5) is 15.5. The molecule has 1 aromatic carbocycles. The highest BCUT2D eigenvalue weighted by molar-refractivity contribution is 6.31. The molecule has 4 heteroatoms. The third-order valence-corrected chi connectivity index (χ3v) is 2.89. The summed E-state index contributed by atoms with van der Waals surface area (Å²) < 4.78 is 4.84. The first-order valence-corrected chi connectivity index (χ1v) is 6.46. The molecule has 0 fully saturated rings. The van der Waals surface area contributed by atoms with E-state index in [0.717, 1.165) is 16.5 Å². The molecule has 19 heavy (non-hydrogen) atoms. The van der Waals surface area contributed by atoms with E-state index >= 15 is 0 Å². The maximum Gasteiger partial charge on any atom is 0.309 e. The molecule has 98 valence electrons. The van der Waals surface area contributed by atoms with Crippen LogP contribution in [0.25, 0.3) is 17.0 Å². The number of carbonyl (C=O) groups excluding carboxylic acids is 1. The van der Waals surface area contributed by atoms with Crippen molar-refractivity contribution >= 4 is 34.5 Å². The van der Waals surface area contributed by atoms with E-state index in [-0.39, 0.29) is 12.4 Å². The Hall–Kier alpha value is -1.87. The number of fused-ring (bicyclic) bond motifs is 1. The third kappa shape index (κ3) is 3.55. The molecule has 0 amide bonds. The first-order valence-electron chi connectivity index (χ1n) is 6.08. The van der Waals surface area contributed by atoms with E-state index in [9.17, 15) is 4.79 Å². The lowest BCUT2D eigenvalue weighted by atomic mass is 10.1.